The molecule has 0 radical (unpaired) electrons. The molecule has 1 heterocycles. The minimum atomic E-state index is -0.246. The molecule has 1 aromatic carbocycles. The van der Waals surface area contributed by atoms with Crippen LogP contribution in [0.15, 0.2) is 22.7 Å². The van der Waals surface area contributed by atoms with Crippen LogP contribution in [0, 0.1) is 5.82 Å². The second-order valence-electron chi connectivity index (χ2n) is 3.84. The van der Waals surface area contributed by atoms with Gasteiger partial charge < -0.3 is 5.32 Å². The summed E-state index contributed by atoms with van der Waals surface area (Å²) in [5, 5.41) is 4.06. The van der Waals surface area contributed by atoms with Crippen molar-refractivity contribution in [1.29, 1.82) is 0 Å². The molecule has 0 saturated heterocycles. The van der Waals surface area contributed by atoms with Gasteiger partial charge in [-0.25, -0.2) is 9.37 Å². The molecule has 1 aromatic heterocycles. The number of hydrogen-bond donors (Lipinski definition) is 1. The molecule has 0 amide bonds. The van der Waals surface area contributed by atoms with Crippen molar-refractivity contribution in [3.63, 3.8) is 0 Å². The molecule has 0 spiro atoms. The Kier molecular flexibility index (Phi) is 3.62. The highest BCUT2D eigenvalue weighted by atomic mass is 79.9. The minimum Gasteiger partial charge on any atom is -0.370 e. The number of aromatic nitrogens is 1. The lowest BCUT2D eigenvalue weighted by molar-refractivity contribution is 0.629. The van der Waals surface area contributed by atoms with Crippen LogP contribution >= 0.6 is 15.9 Å². The number of nitrogens with one attached hydrogen (secondary N) is 1. The standard InChI is InChI=1S/C13H14BrFN2/c1-3-8-5-9-6-10(15)7-11(14)12(9)17-13(8)16-4-2/h5-7H,3-4H2,1-2H3,(H,16,17). The third kappa shape index (κ3) is 2.41. The topological polar surface area (TPSA) is 24.9 Å². The van der Waals surface area contributed by atoms with E-state index < -0.39 is 0 Å². The first-order valence-corrected chi connectivity index (χ1v) is 6.47. The summed E-state index contributed by atoms with van der Waals surface area (Å²) in [5.41, 5.74) is 1.90. The number of pyridine rings is 1. The number of rotatable bonds is 3. The van der Waals surface area contributed by atoms with E-state index in [0.29, 0.717) is 4.47 Å². The largest absolute Gasteiger partial charge is 0.370 e. The van der Waals surface area contributed by atoms with Crippen LogP contribution in [0.3, 0.4) is 0 Å². The van der Waals surface area contributed by atoms with Crippen molar-refractivity contribution in [2.45, 2.75) is 20.3 Å². The van der Waals surface area contributed by atoms with Gasteiger partial charge in [0.2, 0.25) is 0 Å². The number of aryl methyl sites for hydroxylation is 1. The highest BCUT2D eigenvalue weighted by molar-refractivity contribution is 9.10. The van der Waals surface area contributed by atoms with Crippen LogP contribution in [0.2, 0.25) is 0 Å². The molecule has 90 valence electrons. The highest BCUT2D eigenvalue weighted by Gasteiger charge is 2.08. The Hall–Kier alpha value is -1.16. The maximum absolute atomic E-state index is 13.3. The van der Waals surface area contributed by atoms with E-state index in [2.05, 4.69) is 33.2 Å². The Morgan fingerprint density at radius 2 is 2.06 bits per heavy atom. The fourth-order valence-electron chi connectivity index (χ4n) is 1.84. The van der Waals surface area contributed by atoms with E-state index in [4.69, 9.17) is 0 Å². The molecule has 2 aromatic rings. The van der Waals surface area contributed by atoms with E-state index in [1.165, 1.54) is 12.1 Å². The normalized spacial score (nSPS) is 10.8. The van der Waals surface area contributed by atoms with Crippen molar-refractivity contribution < 1.29 is 4.39 Å². The number of nitrogens with zero attached hydrogens (tertiary/aromatic N) is 1. The first-order valence-electron chi connectivity index (χ1n) is 5.68. The number of halogens is 2. The Morgan fingerprint density at radius 1 is 1.29 bits per heavy atom. The first kappa shape index (κ1) is 12.3. The summed E-state index contributed by atoms with van der Waals surface area (Å²) in [6, 6.07) is 4.95. The van der Waals surface area contributed by atoms with Gasteiger partial charge in [0.05, 0.1) is 5.52 Å². The zero-order valence-electron chi connectivity index (χ0n) is 9.85. The van der Waals surface area contributed by atoms with Gasteiger partial charge in [-0.2, -0.15) is 0 Å². The van der Waals surface area contributed by atoms with Crippen LogP contribution < -0.4 is 5.32 Å². The molecule has 0 atom stereocenters. The summed E-state index contributed by atoms with van der Waals surface area (Å²) in [4.78, 5) is 4.55. The Bertz CT molecular complexity index is 555. The quantitative estimate of drug-likeness (QED) is 0.921. The Labute approximate surface area is 108 Å². The summed E-state index contributed by atoms with van der Waals surface area (Å²) in [6.07, 6.45) is 0.874. The molecule has 0 aliphatic heterocycles. The maximum Gasteiger partial charge on any atom is 0.129 e. The predicted octanol–water partition coefficient (Wildman–Crippen LogP) is 4.13. The van der Waals surface area contributed by atoms with Crippen molar-refractivity contribution >= 4 is 32.7 Å². The van der Waals surface area contributed by atoms with Gasteiger partial charge in [-0.15, -0.1) is 0 Å². The molecule has 0 fully saturated rings. The molecule has 2 rings (SSSR count). The molecule has 0 bridgehead atoms. The van der Waals surface area contributed by atoms with E-state index in [0.717, 1.165) is 35.2 Å². The van der Waals surface area contributed by atoms with E-state index in [9.17, 15) is 4.39 Å². The Balaban J connectivity index is 2.69. The van der Waals surface area contributed by atoms with Crippen LogP contribution in [0.4, 0.5) is 10.2 Å². The van der Waals surface area contributed by atoms with Crippen molar-refractivity contribution in [3.8, 4) is 0 Å². The van der Waals surface area contributed by atoms with E-state index in [-0.39, 0.29) is 5.82 Å². The lowest BCUT2D eigenvalue weighted by Crippen LogP contribution is -2.03. The van der Waals surface area contributed by atoms with Crippen molar-refractivity contribution in [2.24, 2.45) is 0 Å². The van der Waals surface area contributed by atoms with Crippen molar-refractivity contribution in [3.05, 3.63) is 34.1 Å². The Morgan fingerprint density at radius 3 is 2.71 bits per heavy atom. The molecule has 1 N–H and O–H groups in total. The average molecular weight is 297 g/mol. The van der Waals surface area contributed by atoms with Crippen LogP contribution in [0.5, 0.6) is 0 Å². The highest BCUT2D eigenvalue weighted by Crippen LogP contribution is 2.27. The molecule has 0 unspecified atom stereocenters. The van der Waals surface area contributed by atoms with Crippen molar-refractivity contribution in [2.75, 3.05) is 11.9 Å². The van der Waals surface area contributed by atoms with Gasteiger partial charge in [0.1, 0.15) is 11.6 Å². The zero-order valence-corrected chi connectivity index (χ0v) is 11.4. The molecule has 0 aliphatic rings. The predicted molar refractivity (Wildman–Crippen MR) is 72.9 cm³/mol. The van der Waals surface area contributed by atoms with Crippen LogP contribution in [-0.4, -0.2) is 11.5 Å². The monoisotopic (exact) mass is 296 g/mol. The van der Waals surface area contributed by atoms with Gasteiger partial charge in [-0.05, 0) is 53.0 Å². The SMILES string of the molecule is CCNc1nc2c(Br)cc(F)cc2cc1CC. The van der Waals surface area contributed by atoms with Crippen LogP contribution in [0.25, 0.3) is 10.9 Å². The molecule has 4 heteroatoms. The fourth-order valence-corrected chi connectivity index (χ4v) is 2.38. The molecule has 0 aliphatic carbocycles. The van der Waals surface area contributed by atoms with Gasteiger partial charge in [-0.3, -0.25) is 0 Å². The van der Waals surface area contributed by atoms with Gasteiger partial charge in [-0.1, -0.05) is 6.92 Å². The molecular weight excluding hydrogens is 283 g/mol. The minimum absolute atomic E-state index is 0.246. The van der Waals surface area contributed by atoms with Crippen molar-refractivity contribution in [1.82, 2.24) is 4.98 Å². The third-order valence-corrected chi connectivity index (χ3v) is 3.24. The number of fused-ring (bicyclic) bond motifs is 1. The number of hydrogen-bond acceptors (Lipinski definition) is 2. The summed E-state index contributed by atoms with van der Waals surface area (Å²) in [6.45, 7) is 4.92. The van der Waals surface area contributed by atoms with E-state index in [1.807, 2.05) is 13.0 Å². The van der Waals surface area contributed by atoms with Gasteiger partial charge in [0.15, 0.2) is 0 Å². The van der Waals surface area contributed by atoms with Gasteiger partial charge in [0.25, 0.3) is 0 Å². The maximum atomic E-state index is 13.3. The first-order chi connectivity index (χ1) is 8.15. The molecule has 17 heavy (non-hydrogen) atoms. The number of benzene rings is 1. The summed E-state index contributed by atoms with van der Waals surface area (Å²) in [7, 11) is 0. The summed E-state index contributed by atoms with van der Waals surface area (Å²) in [5.74, 6) is 0.638. The van der Waals surface area contributed by atoms with Gasteiger partial charge in [0, 0.05) is 16.4 Å². The van der Waals surface area contributed by atoms with Gasteiger partial charge >= 0.3 is 0 Å². The second-order valence-corrected chi connectivity index (χ2v) is 4.69. The summed E-state index contributed by atoms with van der Waals surface area (Å²) >= 11 is 3.35. The second kappa shape index (κ2) is 5.00. The summed E-state index contributed by atoms with van der Waals surface area (Å²) < 4.78 is 14.0. The van der Waals surface area contributed by atoms with E-state index >= 15 is 0 Å². The van der Waals surface area contributed by atoms with Crippen LogP contribution in [0.1, 0.15) is 19.4 Å². The van der Waals surface area contributed by atoms with Crippen LogP contribution in [-0.2, 0) is 6.42 Å². The third-order valence-electron chi connectivity index (χ3n) is 2.64. The molecular formula is C13H14BrFN2. The lowest BCUT2D eigenvalue weighted by atomic mass is 10.1. The zero-order chi connectivity index (χ0) is 12.4. The smallest absolute Gasteiger partial charge is 0.129 e. The lowest BCUT2D eigenvalue weighted by Gasteiger charge is -2.11. The molecule has 0 saturated carbocycles. The number of anilines is 1. The fraction of sp³-hybridized carbons (Fsp3) is 0.308. The molecule has 2 nitrogen and oxygen atoms in total. The average Bonchev–Trinajstić information content (AvgIpc) is 2.29. The van der Waals surface area contributed by atoms with E-state index in [1.54, 1.807) is 0 Å².